The molecule has 1 fully saturated rings. The van der Waals surface area contributed by atoms with Crippen molar-refractivity contribution in [2.75, 3.05) is 13.1 Å². The monoisotopic (exact) mass is 292 g/mol. The Kier molecular flexibility index (Phi) is 6.17. The molecule has 118 valence electrons. The number of alkyl carbamates (subject to hydrolysis) is 1. The first kappa shape index (κ1) is 17.1. The average molecular weight is 292 g/mol. The molecule has 0 heterocycles. The van der Waals surface area contributed by atoms with Crippen molar-refractivity contribution in [2.45, 2.75) is 70.4 Å². The molecule has 20 heavy (non-hydrogen) atoms. The van der Waals surface area contributed by atoms with Gasteiger partial charge in [-0.2, -0.15) is 0 Å². The molecule has 4 nitrogen and oxygen atoms in total. The lowest BCUT2D eigenvalue weighted by Gasteiger charge is -2.26. The van der Waals surface area contributed by atoms with E-state index in [9.17, 15) is 13.6 Å². The normalized spacial score (nSPS) is 17.9. The highest BCUT2D eigenvalue weighted by atomic mass is 19.3. The van der Waals surface area contributed by atoms with Gasteiger partial charge in [-0.3, -0.25) is 0 Å². The Hall–Kier alpha value is -0.910. The first-order chi connectivity index (χ1) is 9.18. The van der Waals surface area contributed by atoms with Crippen LogP contribution in [0.1, 0.15) is 52.9 Å². The molecule has 0 aromatic rings. The lowest BCUT2D eigenvalue weighted by Crippen LogP contribution is -2.47. The van der Waals surface area contributed by atoms with Gasteiger partial charge in [-0.25, -0.2) is 13.6 Å². The highest BCUT2D eigenvalue weighted by Crippen LogP contribution is 2.19. The predicted molar refractivity (Wildman–Crippen MR) is 74.1 cm³/mol. The lowest BCUT2D eigenvalue weighted by molar-refractivity contribution is -0.00638. The molecule has 0 aromatic carbocycles. The minimum Gasteiger partial charge on any atom is -0.444 e. The van der Waals surface area contributed by atoms with E-state index in [1.807, 2.05) is 0 Å². The van der Waals surface area contributed by atoms with Crippen LogP contribution in [0.4, 0.5) is 13.6 Å². The van der Waals surface area contributed by atoms with Crippen LogP contribution in [0.2, 0.25) is 0 Å². The van der Waals surface area contributed by atoms with E-state index in [0.717, 1.165) is 25.7 Å². The summed E-state index contributed by atoms with van der Waals surface area (Å²) >= 11 is 0. The van der Waals surface area contributed by atoms with E-state index in [1.54, 1.807) is 20.8 Å². The zero-order valence-electron chi connectivity index (χ0n) is 12.6. The van der Waals surface area contributed by atoms with Gasteiger partial charge in [-0.15, -0.1) is 0 Å². The Morgan fingerprint density at radius 3 is 2.30 bits per heavy atom. The fraction of sp³-hybridized carbons (Fsp3) is 0.929. The molecule has 0 atom stereocenters. The first-order valence-electron chi connectivity index (χ1n) is 7.26. The second-order valence-electron chi connectivity index (χ2n) is 6.43. The number of rotatable bonds is 5. The maximum atomic E-state index is 13.6. The summed E-state index contributed by atoms with van der Waals surface area (Å²) < 4.78 is 32.2. The molecule has 0 aromatic heterocycles. The van der Waals surface area contributed by atoms with Gasteiger partial charge in [0.2, 0.25) is 0 Å². The molecule has 0 aliphatic heterocycles. The smallest absolute Gasteiger partial charge is 0.407 e. The molecule has 1 amide bonds. The third-order valence-electron chi connectivity index (χ3n) is 3.14. The number of alkyl halides is 2. The van der Waals surface area contributed by atoms with Crippen LogP contribution in [-0.2, 0) is 4.74 Å². The summed E-state index contributed by atoms with van der Waals surface area (Å²) in [6.07, 6.45) is 4.48. The summed E-state index contributed by atoms with van der Waals surface area (Å²) in [5.74, 6) is -2.96. The fourth-order valence-corrected chi connectivity index (χ4v) is 2.18. The number of nitrogens with one attached hydrogen (secondary N) is 2. The molecule has 2 N–H and O–H groups in total. The molecule has 0 radical (unpaired) electrons. The Bertz CT molecular complexity index is 311. The van der Waals surface area contributed by atoms with Gasteiger partial charge in [0.25, 0.3) is 5.92 Å². The zero-order valence-corrected chi connectivity index (χ0v) is 12.6. The van der Waals surface area contributed by atoms with Gasteiger partial charge in [0, 0.05) is 6.04 Å². The van der Waals surface area contributed by atoms with Crippen molar-refractivity contribution in [3.8, 4) is 0 Å². The number of halogens is 2. The van der Waals surface area contributed by atoms with Gasteiger partial charge in [-0.1, -0.05) is 19.3 Å². The number of ether oxygens (including phenoxy) is 1. The van der Waals surface area contributed by atoms with Crippen molar-refractivity contribution in [3.63, 3.8) is 0 Å². The molecule has 0 unspecified atom stereocenters. The van der Waals surface area contributed by atoms with E-state index in [4.69, 9.17) is 4.74 Å². The molecule has 1 saturated carbocycles. The van der Waals surface area contributed by atoms with E-state index in [2.05, 4.69) is 10.6 Å². The van der Waals surface area contributed by atoms with Crippen LogP contribution in [0.5, 0.6) is 0 Å². The second-order valence-corrected chi connectivity index (χ2v) is 6.43. The van der Waals surface area contributed by atoms with Crippen LogP contribution in [0.25, 0.3) is 0 Å². The standard InChI is InChI=1S/C14H26F2N2O2/c1-13(2,3)20-12(19)18-10-14(15,16)9-17-11-7-5-4-6-8-11/h11,17H,4-10H2,1-3H3,(H,18,19). The summed E-state index contributed by atoms with van der Waals surface area (Å²) in [5, 5.41) is 5.01. The molecular weight excluding hydrogens is 266 g/mol. The summed E-state index contributed by atoms with van der Waals surface area (Å²) in [4.78, 5) is 11.3. The van der Waals surface area contributed by atoms with E-state index in [-0.39, 0.29) is 6.04 Å². The predicted octanol–water partition coefficient (Wildman–Crippen LogP) is 3.07. The molecule has 1 aliphatic carbocycles. The van der Waals surface area contributed by atoms with E-state index in [0.29, 0.717) is 0 Å². The van der Waals surface area contributed by atoms with Crippen LogP contribution < -0.4 is 10.6 Å². The third-order valence-corrected chi connectivity index (χ3v) is 3.14. The average Bonchev–Trinajstić information content (AvgIpc) is 2.34. The summed E-state index contributed by atoms with van der Waals surface area (Å²) in [7, 11) is 0. The minimum atomic E-state index is -2.96. The van der Waals surface area contributed by atoms with Crippen LogP contribution in [0.15, 0.2) is 0 Å². The van der Waals surface area contributed by atoms with Gasteiger partial charge in [0.15, 0.2) is 0 Å². The molecule has 1 aliphatic rings. The van der Waals surface area contributed by atoms with Crippen LogP contribution in [-0.4, -0.2) is 36.7 Å². The maximum absolute atomic E-state index is 13.6. The number of carbonyl (C=O) groups excluding carboxylic acids is 1. The van der Waals surface area contributed by atoms with E-state index >= 15 is 0 Å². The van der Waals surface area contributed by atoms with Crippen molar-refractivity contribution < 1.29 is 18.3 Å². The van der Waals surface area contributed by atoms with Crippen molar-refractivity contribution in [2.24, 2.45) is 0 Å². The van der Waals surface area contributed by atoms with Crippen LogP contribution >= 0.6 is 0 Å². The Morgan fingerprint density at radius 2 is 1.75 bits per heavy atom. The molecule has 0 saturated heterocycles. The topological polar surface area (TPSA) is 50.4 Å². The second kappa shape index (κ2) is 7.20. The molecule has 6 heteroatoms. The number of hydrogen-bond donors (Lipinski definition) is 2. The largest absolute Gasteiger partial charge is 0.444 e. The van der Waals surface area contributed by atoms with E-state index in [1.165, 1.54) is 6.42 Å². The Balaban J connectivity index is 2.24. The van der Waals surface area contributed by atoms with Crippen molar-refractivity contribution in [3.05, 3.63) is 0 Å². The van der Waals surface area contributed by atoms with Gasteiger partial charge in [0.05, 0.1) is 13.1 Å². The SMILES string of the molecule is CC(C)(C)OC(=O)NCC(F)(F)CNC1CCCCC1. The highest BCUT2D eigenvalue weighted by Gasteiger charge is 2.31. The number of carbonyl (C=O) groups is 1. The molecule has 0 spiro atoms. The highest BCUT2D eigenvalue weighted by molar-refractivity contribution is 5.67. The van der Waals surface area contributed by atoms with Crippen molar-refractivity contribution >= 4 is 6.09 Å². The minimum absolute atomic E-state index is 0.177. The summed E-state index contributed by atoms with van der Waals surface area (Å²) in [6, 6.07) is 0.177. The first-order valence-corrected chi connectivity index (χ1v) is 7.26. The fourth-order valence-electron chi connectivity index (χ4n) is 2.18. The zero-order chi connectivity index (χ0) is 15.2. The van der Waals surface area contributed by atoms with Crippen LogP contribution in [0, 0.1) is 0 Å². The molecular formula is C14H26F2N2O2. The van der Waals surface area contributed by atoms with Crippen molar-refractivity contribution in [1.29, 1.82) is 0 Å². The van der Waals surface area contributed by atoms with Gasteiger partial charge in [-0.05, 0) is 33.6 Å². The van der Waals surface area contributed by atoms with Gasteiger partial charge < -0.3 is 15.4 Å². The lowest BCUT2D eigenvalue weighted by atomic mass is 9.95. The Morgan fingerprint density at radius 1 is 1.15 bits per heavy atom. The van der Waals surface area contributed by atoms with E-state index < -0.39 is 30.7 Å². The molecule has 0 bridgehead atoms. The summed E-state index contributed by atoms with van der Waals surface area (Å²) in [6.45, 7) is 3.95. The van der Waals surface area contributed by atoms with Crippen LogP contribution in [0.3, 0.4) is 0 Å². The molecule has 1 rings (SSSR count). The summed E-state index contributed by atoms with van der Waals surface area (Å²) in [5.41, 5.74) is -0.681. The third kappa shape index (κ3) is 7.62. The quantitative estimate of drug-likeness (QED) is 0.819. The number of hydrogen-bond acceptors (Lipinski definition) is 3. The van der Waals surface area contributed by atoms with Crippen molar-refractivity contribution in [1.82, 2.24) is 10.6 Å². The number of amides is 1. The van der Waals surface area contributed by atoms with Gasteiger partial charge >= 0.3 is 6.09 Å². The Labute approximate surface area is 119 Å². The maximum Gasteiger partial charge on any atom is 0.407 e. The van der Waals surface area contributed by atoms with Gasteiger partial charge in [0.1, 0.15) is 5.60 Å².